The Morgan fingerprint density at radius 2 is 2.06 bits per heavy atom. The molecule has 0 aliphatic carbocycles. The summed E-state index contributed by atoms with van der Waals surface area (Å²) in [5.74, 6) is 0. The Balaban J connectivity index is 2.22. The van der Waals surface area contributed by atoms with Gasteiger partial charge in [0.05, 0.1) is 12.7 Å². The highest BCUT2D eigenvalue weighted by Gasteiger charge is 2.08. The first-order chi connectivity index (χ1) is 8.22. The van der Waals surface area contributed by atoms with Gasteiger partial charge in [0.15, 0.2) is 0 Å². The van der Waals surface area contributed by atoms with Crippen LogP contribution in [0, 0.1) is 6.92 Å². The van der Waals surface area contributed by atoms with Gasteiger partial charge in [-0.25, -0.2) is 4.68 Å². The number of hydrogen-bond acceptors (Lipinski definition) is 2. The summed E-state index contributed by atoms with van der Waals surface area (Å²) >= 11 is 6.19. The maximum atomic E-state index is 8.89. The summed E-state index contributed by atoms with van der Waals surface area (Å²) in [5.41, 5.74) is 3.32. The summed E-state index contributed by atoms with van der Waals surface area (Å²) in [5, 5.41) is 13.7. The first-order valence-electron chi connectivity index (χ1n) is 5.58. The number of rotatable bonds is 4. The van der Waals surface area contributed by atoms with Crippen LogP contribution < -0.4 is 0 Å². The van der Waals surface area contributed by atoms with E-state index in [1.165, 1.54) is 11.1 Å². The predicted molar refractivity (Wildman–Crippen MR) is 68.3 cm³/mol. The van der Waals surface area contributed by atoms with Gasteiger partial charge in [0.1, 0.15) is 5.15 Å². The van der Waals surface area contributed by atoms with Gasteiger partial charge in [-0.15, -0.1) is 0 Å². The molecule has 0 spiro atoms. The van der Waals surface area contributed by atoms with E-state index in [-0.39, 0.29) is 6.61 Å². The molecule has 1 aromatic carbocycles. The topological polar surface area (TPSA) is 38.0 Å². The van der Waals surface area contributed by atoms with Gasteiger partial charge < -0.3 is 5.11 Å². The number of aliphatic hydroxyl groups excluding tert-OH is 1. The lowest BCUT2D eigenvalue weighted by Gasteiger charge is -2.07. The van der Waals surface area contributed by atoms with Gasteiger partial charge in [-0.2, -0.15) is 5.10 Å². The van der Waals surface area contributed by atoms with Crippen LogP contribution in [0.15, 0.2) is 30.5 Å². The molecule has 1 heterocycles. The Morgan fingerprint density at radius 3 is 2.76 bits per heavy atom. The number of halogens is 1. The van der Waals surface area contributed by atoms with Crippen LogP contribution >= 0.6 is 11.6 Å². The van der Waals surface area contributed by atoms with E-state index in [0.717, 1.165) is 5.56 Å². The van der Waals surface area contributed by atoms with Crippen molar-refractivity contribution in [1.82, 2.24) is 9.78 Å². The summed E-state index contributed by atoms with van der Waals surface area (Å²) in [4.78, 5) is 0. The van der Waals surface area contributed by atoms with Gasteiger partial charge in [-0.05, 0) is 18.1 Å². The van der Waals surface area contributed by atoms with Crippen molar-refractivity contribution in [3.8, 4) is 0 Å². The van der Waals surface area contributed by atoms with Gasteiger partial charge in [0.2, 0.25) is 0 Å². The summed E-state index contributed by atoms with van der Waals surface area (Å²) in [6.45, 7) is 2.83. The third-order valence-corrected chi connectivity index (χ3v) is 3.24. The molecule has 0 saturated carbocycles. The lowest BCUT2D eigenvalue weighted by Crippen LogP contribution is -2.03. The van der Waals surface area contributed by atoms with Gasteiger partial charge in [-0.3, -0.25) is 0 Å². The maximum Gasteiger partial charge on any atom is 0.130 e. The normalized spacial score (nSPS) is 10.8. The van der Waals surface area contributed by atoms with E-state index < -0.39 is 0 Å². The van der Waals surface area contributed by atoms with Gasteiger partial charge >= 0.3 is 0 Å². The SMILES string of the molecule is Cc1ccccc1Cn1ncc(CCO)c1Cl. The van der Waals surface area contributed by atoms with Crippen LogP contribution in [0.1, 0.15) is 16.7 Å². The van der Waals surface area contributed by atoms with Crippen molar-refractivity contribution >= 4 is 11.6 Å². The minimum atomic E-state index is 0.0930. The molecule has 4 heteroatoms. The minimum absolute atomic E-state index is 0.0930. The Morgan fingerprint density at radius 1 is 1.29 bits per heavy atom. The molecule has 3 nitrogen and oxygen atoms in total. The third kappa shape index (κ3) is 2.68. The van der Waals surface area contributed by atoms with E-state index in [2.05, 4.69) is 24.2 Å². The summed E-state index contributed by atoms with van der Waals surface area (Å²) in [7, 11) is 0. The highest BCUT2D eigenvalue weighted by atomic mass is 35.5. The monoisotopic (exact) mass is 250 g/mol. The average molecular weight is 251 g/mol. The van der Waals surface area contributed by atoms with Crippen molar-refractivity contribution in [2.24, 2.45) is 0 Å². The number of nitrogens with zero attached hydrogens (tertiary/aromatic N) is 2. The van der Waals surface area contributed by atoms with Crippen molar-refractivity contribution < 1.29 is 5.11 Å². The first kappa shape index (κ1) is 12.1. The molecule has 0 saturated heterocycles. The standard InChI is InChI=1S/C13H15ClN2O/c1-10-4-2-3-5-12(10)9-16-13(14)11(6-7-17)8-15-16/h2-5,8,17H,6-7,9H2,1H3. The lowest BCUT2D eigenvalue weighted by molar-refractivity contribution is 0.299. The van der Waals surface area contributed by atoms with E-state index in [4.69, 9.17) is 16.7 Å². The predicted octanol–water partition coefficient (Wildman–Crippen LogP) is 2.43. The zero-order valence-electron chi connectivity index (χ0n) is 9.73. The number of benzene rings is 1. The molecule has 0 unspecified atom stereocenters. The highest BCUT2D eigenvalue weighted by molar-refractivity contribution is 6.30. The zero-order valence-corrected chi connectivity index (χ0v) is 10.5. The zero-order chi connectivity index (χ0) is 12.3. The largest absolute Gasteiger partial charge is 0.396 e. The molecule has 0 bridgehead atoms. The fraction of sp³-hybridized carbons (Fsp3) is 0.308. The fourth-order valence-corrected chi connectivity index (χ4v) is 2.00. The van der Waals surface area contributed by atoms with E-state index in [1.807, 2.05) is 12.1 Å². The maximum absolute atomic E-state index is 8.89. The Hall–Kier alpha value is -1.32. The number of hydrogen-bond donors (Lipinski definition) is 1. The molecule has 1 N–H and O–H groups in total. The molecule has 2 aromatic rings. The molecule has 0 fully saturated rings. The van der Waals surface area contributed by atoms with Crippen LogP contribution in [0.25, 0.3) is 0 Å². The molecule has 1 aromatic heterocycles. The van der Waals surface area contributed by atoms with E-state index in [1.54, 1.807) is 10.9 Å². The van der Waals surface area contributed by atoms with Gasteiger partial charge in [0, 0.05) is 18.6 Å². The van der Waals surface area contributed by atoms with E-state index in [0.29, 0.717) is 18.1 Å². The number of aryl methyl sites for hydroxylation is 1. The van der Waals surface area contributed by atoms with Crippen LogP contribution in [-0.4, -0.2) is 21.5 Å². The molecule has 0 aliphatic rings. The van der Waals surface area contributed by atoms with Crippen LogP contribution in [-0.2, 0) is 13.0 Å². The third-order valence-electron chi connectivity index (χ3n) is 2.81. The van der Waals surface area contributed by atoms with Crippen molar-refractivity contribution in [2.45, 2.75) is 19.9 Å². The lowest BCUT2D eigenvalue weighted by atomic mass is 10.1. The fourth-order valence-electron chi connectivity index (χ4n) is 1.76. The molecular formula is C13H15ClN2O. The van der Waals surface area contributed by atoms with Crippen LogP contribution in [0.5, 0.6) is 0 Å². The molecule has 0 aliphatic heterocycles. The smallest absolute Gasteiger partial charge is 0.130 e. The molecule has 0 radical (unpaired) electrons. The molecule has 2 rings (SSSR count). The average Bonchev–Trinajstić information content (AvgIpc) is 2.65. The van der Waals surface area contributed by atoms with Crippen molar-refractivity contribution in [2.75, 3.05) is 6.61 Å². The van der Waals surface area contributed by atoms with Crippen LogP contribution in [0.4, 0.5) is 0 Å². The molecule has 17 heavy (non-hydrogen) atoms. The summed E-state index contributed by atoms with van der Waals surface area (Å²) < 4.78 is 1.76. The first-order valence-corrected chi connectivity index (χ1v) is 5.95. The second-order valence-corrected chi connectivity index (χ2v) is 4.38. The van der Waals surface area contributed by atoms with Crippen LogP contribution in [0.2, 0.25) is 5.15 Å². The quantitative estimate of drug-likeness (QED) is 0.905. The van der Waals surface area contributed by atoms with Crippen molar-refractivity contribution in [1.29, 1.82) is 0 Å². The Labute approximate surface area is 106 Å². The Kier molecular flexibility index (Phi) is 3.82. The molecule has 90 valence electrons. The number of aromatic nitrogens is 2. The van der Waals surface area contributed by atoms with Gasteiger partial charge in [-0.1, -0.05) is 35.9 Å². The summed E-state index contributed by atoms with van der Waals surface area (Å²) in [6.07, 6.45) is 2.27. The molecular weight excluding hydrogens is 236 g/mol. The molecule has 0 amide bonds. The Bertz CT molecular complexity index is 508. The van der Waals surface area contributed by atoms with Crippen molar-refractivity contribution in [3.05, 3.63) is 52.3 Å². The van der Waals surface area contributed by atoms with Gasteiger partial charge in [0.25, 0.3) is 0 Å². The molecule has 0 atom stereocenters. The van der Waals surface area contributed by atoms with E-state index >= 15 is 0 Å². The van der Waals surface area contributed by atoms with Crippen molar-refractivity contribution in [3.63, 3.8) is 0 Å². The second-order valence-electron chi connectivity index (χ2n) is 4.02. The highest BCUT2D eigenvalue weighted by Crippen LogP contribution is 2.18. The minimum Gasteiger partial charge on any atom is -0.396 e. The summed E-state index contributed by atoms with van der Waals surface area (Å²) in [6, 6.07) is 8.16. The number of aliphatic hydroxyl groups is 1. The second kappa shape index (κ2) is 5.34. The van der Waals surface area contributed by atoms with Crippen LogP contribution in [0.3, 0.4) is 0 Å². The van der Waals surface area contributed by atoms with E-state index in [9.17, 15) is 0 Å².